The molecule has 5 nitrogen and oxygen atoms in total. The molecule has 0 aliphatic rings. The number of nitrogens with zero attached hydrogens (tertiary/aromatic N) is 3. The minimum absolute atomic E-state index is 0.00765. The lowest BCUT2D eigenvalue weighted by atomic mass is 9.95. The van der Waals surface area contributed by atoms with Crippen LogP contribution in [0.4, 0.5) is 13.2 Å². The van der Waals surface area contributed by atoms with Crippen LogP contribution in [-0.2, 0) is 6.18 Å². The molecule has 110 valence electrons. The summed E-state index contributed by atoms with van der Waals surface area (Å²) in [4.78, 5) is 2.49. The van der Waals surface area contributed by atoms with Gasteiger partial charge in [0.15, 0.2) is 0 Å². The van der Waals surface area contributed by atoms with E-state index in [2.05, 4.69) is 10.0 Å². The minimum atomic E-state index is -4.52. The molecule has 2 unspecified atom stereocenters. The van der Waals surface area contributed by atoms with Crippen molar-refractivity contribution in [2.24, 2.45) is 5.11 Å². The summed E-state index contributed by atoms with van der Waals surface area (Å²) >= 11 is 0. The highest BCUT2D eigenvalue weighted by atomic mass is 19.4. The van der Waals surface area contributed by atoms with Crippen molar-refractivity contribution in [1.29, 1.82) is 0 Å². The molecule has 1 aromatic carbocycles. The summed E-state index contributed by atoms with van der Waals surface area (Å²) in [5.74, 6) is 0. The van der Waals surface area contributed by atoms with Crippen molar-refractivity contribution < 1.29 is 23.4 Å². The first-order chi connectivity index (χ1) is 9.27. The zero-order chi connectivity index (χ0) is 15.3. The standard InChI is InChI=1S/C12H14F3N3O2/c1-7-2-3-8(12(13,14)15)6-9(7)11(20)10(19)4-5-17-18-16/h2-3,6,10-11,19-20H,4-5H2,1H3. The highest BCUT2D eigenvalue weighted by molar-refractivity contribution is 5.34. The van der Waals surface area contributed by atoms with Crippen molar-refractivity contribution >= 4 is 0 Å². The summed E-state index contributed by atoms with van der Waals surface area (Å²) < 4.78 is 37.8. The molecular weight excluding hydrogens is 275 g/mol. The van der Waals surface area contributed by atoms with Gasteiger partial charge < -0.3 is 10.2 Å². The number of rotatable bonds is 5. The lowest BCUT2D eigenvalue weighted by molar-refractivity contribution is -0.137. The molecule has 0 fully saturated rings. The second-order valence-corrected chi connectivity index (χ2v) is 4.32. The molecule has 0 aliphatic carbocycles. The number of hydrogen-bond acceptors (Lipinski definition) is 3. The highest BCUT2D eigenvalue weighted by Gasteiger charge is 2.32. The van der Waals surface area contributed by atoms with Gasteiger partial charge in [0.25, 0.3) is 0 Å². The normalized spacial score (nSPS) is 14.5. The van der Waals surface area contributed by atoms with Gasteiger partial charge in [-0.25, -0.2) is 0 Å². The Kier molecular flexibility index (Phi) is 5.38. The third-order valence-electron chi connectivity index (χ3n) is 2.88. The molecule has 0 saturated carbocycles. The summed E-state index contributed by atoms with van der Waals surface area (Å²) in [5, 5.41) is 22.8. The molecule has 0 radical (unpaired) electrons. The fourth-order valence-corrected chi connectivity index (χ4v) is 1.74. The molecule has 0 saturated heterocycles. The van der Waals surface area contributed by atoms with Gasteiger partial charge in [0.05, 0.1) is 11.7 Å². The molecule has 2 N–H and O–H groups in total. The van der Waals surface area contributed by atoms with Crippen LogP contribution in [0.3, 0.4) is 0 Å². The Morgan fingerprint density at radius 2 is 2.00 bits per heavy atom. The summed E-state index contributed by atoms with van der Waals surface area (Å²) in [5.41, 5.74) is 7.65. The van der Waals surface area contributed by atoms with Crippen molar-refractivity contribution in [2.75, 3.05) is 6.54 Å². The van der Waals surface area contributed by atoms with Crippen LogP contribution in [0.5, 0.6) is 0 Å². The molecule has 2 atom stereocenters. The van der Waals surface area contributed by atoms with E-state index < -0.39 is 23.9 Å². The Bertz CT molecular complexity index is 513. The predicted octanol–water partition coefficient (Wildman–Crippen LogP) is 3.11. The second-order valence-electron chi connectivity index (χ2n) is 4.32. The van der Waals surface area contributed by atoms with Gasteiger partial charge in [-0.1, -0.05) is 11.2 Å². The first-order valence-electron chi connectivity index (χ1n) is 5.82. The van der Waals surface area contributed by atoms with E-state index in [1.165, 1.54) is 6.07 Å². The summed E-state index contributed by atoms with van der Waals surface area (Å²) in [6.45, 7) is 1.49. The lowest BCUT2D eigenvalue weighted by Crippen LogP contribution is -2.20. The Morgan fingerprint density at radius 3 is 2.55 bits per heavy atom. The zero-order valence-electron chi connectivity index (χ0n) is 10.7. The number of azide groups is 1. The third-order valence-corrected chi connectivity index (χ3v) is 2.88. The maximum absolute atomic E-state index is 12.6. The average molecular weight is 289 g/mol. The maximum atomic E-state index is 12.6. The van der Waals surface area contributed by atoms with E-state index >= 15 is 0 Å². The number of alkyl halides is 3. The molecule has 0 aliphatic heterocycles. The van der Waals surface area contributed by atoms with Gasteiger partial charge in [0.1, 0.15) is 6.10 Å². The van der Waals surface area contributed by atoms with Gasteiger partial charge in [-0.2, -0.15) is 13.2 Å². The van der Waals surface area contributed by atoms with E-state index in [9.17, 15) is 23.4 Å². The first-order valence-corrected chi connectivity index (χ1v) is 5.82. The Hall–Kier alpha value is -1.76. The van der Waals surface area contributed by atoms with E-state index in [1.807, 2.05) is 0 Å². The Labute approximate surface area is 113 Å². The van der Waals surface area contributed by atoms with Gasteiger partial charge in [-0.3, -0.25) is 0 Å². The Balaban J connectivity index is 2.96. The zero-order valence-corrected chi connectivity index (χ0v) is 10.7. The van der Waals surface area contributed by atoms with Crippen molar-refractivity contribution in [3.05, 3.63) is 45.3 Å². The quantitative estimate of drug-likeness (QED) is 0.495. The van der Waals surface area contributed by atoms with E-state index in [0.29, 0.717) is 5.56 Å². The molecular formula is C12H14F3N3O2. The number of hydrogen-bond donors (Lipinski definition) is 2. The van der Waals surface area contributed by atoms with E-state index in [4.69, 9.17) is 5.53 Å². The minimum Gasteiger partial charge on any atom is -0.390 e. The number of aryl methyl sites for hydroxylation is 1. The van der Waals surface area contributed by atoms with Crippen LogP contribution in [0.2, 0.25) is 0 Å². The van der Waals surface area contributed by atoms with E-state index in [0.717, 1.165) is 12.1 Å². The molecule has 0 spiro atoms. The summed E-state index contributed by atoms with van der Waals surface area (Å²) in [6.07, 6.45) is -7.33. The van der Waals surface area contributed by atoms with Crippen LogP contribution in [-0.4, -0.2) is 22.9 Å². The predicted molar refractivity (Wildman–Crippen MR) is 65.8 cm³/mol. The molecule has 0 heterocycles. The molecule has 0 bridgehead atoms. The van der Waals surface area contributed by atoms with Gasteiger partial charge in [0, 0.05) is 11.5 Å². The Morgan fingerprint density at radius 1 is 1.35 bits per heavy atom. The topological polar surface area (TPSA) is 89.2 Å². The molecule has 20 heavy (non-hydrogen) atoms. The summed E-state index contributed by atoms with van der Waals surface area (Å²) in [7, 11) is 0. The van der Waals surface area contributed by atoms with Gasteiger partial charge in [-0.05, 0) is 42.1 Å². The first kappa shape index (κ1) is 16.3. The van der Waals surface area contributed by atoms with Gasteiger partial charge >= 0.3 is 6.18 Å². The number of halogens is 3. The van der Waals surface area contributed by atoms with E-state index in [-0.39, 0.29) is 18.5 Å². The molecule has 1 rings (SSSR count). The maximum Gasteiger partial charge on any atom is 0.416 e. The number of aliphatic hydroxyl groups excluding tert-OH is 2. The van der Waals surface area contributed by atoms with Crippen LogP contribution in [0.1, 0.15) is 29.2 Å². The van der Waals surface area contributed by atoms with Crippen LogP contribution >= 0.6 is 0 Å². The van der Waals surface area contributed by atoms with Crippen molar-refractivity contribution in [3.8, 4) is 0 Å². The summed E-state index contributed by atoms with van der Waals surface area (Å²) in [6, 6.07) is 2.97. The van der Waals surface area contributed by atoms with Crippen LogP contribution in [0.25, 0.3) is 10.4 Å². The van der Waals surface area contributed by atoms with Gasteiger partial charge in [0.2, 0.25) is 0 Å². The van der Waals surface area contributed by atoms with Crippen molar-refractivity contribution in [2.45, 2.75) is 31.7 Å². The van der Waals surface area contributed by atoms with Crippen LogP contribution in [0.15, 0.2) is 23.3 Å². The highest BCUT2D eigenvalue weighted by Crippen LogP contribution is 2.33. The monoisotopic (exact) mass is 289 g/mol. The average Bonchev–Trinajstić information content (AvgIpc) is 2.37. The van der Waals surface area contributed by atoms with E-state index in [1.54, 1.807) is 6.92 Å². The molecule has 0 aromatic heterocycles. The molecule has 1 aromatic rings. The van der Waals surface area contributed by atoms with Crippen LogP contribution in [0, 0.1) is 6.92 Å². The van der Waals surface area contributed by atoms with Crippen molar-refractivity contribution in [1.82, 2.24) is 0 Å². The van der Waals surface area contributed by atoms with Gasteiger partial charge in [-0.15, -0.1) is 0 Å². The fraction of sp³-hybridized carbons (Fsp3) is 0.500. The number of aliphatic hydroxyl groups is 2. The fourth-order valence-electron chi connectivity index (χ4n) is 1.74. The molecule has 8 heteroatoms. The third kappa shape index (κ3) is 4.12. The van der Waals surface area contributed by atoms with Crippen LogP contribution < -0.4 is 0 Å². The SMILES string of the molecule is Cc1ccc(C(F)(F)F)cc1C(O)C(O)CCN=[N+]=[N-]. The number of benzene rings is 1. The van der Waals surface area contributed by atoms with Crippen molar-refractivity contribution in [3.63, 3.8) is 0 Å². The second kappa shape index (κ2) is 6.60. The lowest BCUT2D eigenvalue weighted by Gasteiger charge is -2.20. The largest absolute Gasteiger partial charge is 0.416 e. The molecule has 0 amide bonds. The smallest absolute Gasteiger partial charge is 0.390 e.